The molecule has 0 spiro atoms. The van der Waals surface area contributed by atoms with Crippen LogP contribution in [0.3, 0.4) is 0 Å². The second-order valence-electron chi connectivity index (χ2n) is 3.83. The molecule has 0 radical (unpaired) electrons. The van der Waals surface area contributed by atoms with Crippen LogP contribution in [0.15, 0.2) is 29.3 Å². The molecule has 0 fully saturated rings. The molecule has 0 saturated heterocycles. The maximum Gasteiger partial charge on any atom is 0.387 e. The Morgan fingerprint density at radius 2 is 2.05 bits per heavy atom. The van der Waals surface area contributed by atoms with Crippen molar-refractivity contribution in [2.24, 2.45) is 4.99 Å². The summed E-state index contributed by atoms with van der Waals surface area (Å²) in [4.78, 5) is 4.06. The van der Waals surface area contributed by atoms with Crippen molar-refractivity contribution >= 4 is 41.7 Å². The van der Waals surface area contributed by atoms with Crippen molar-refractivity contribution in [2.75, 3.05) is 25.6 Å². The maximum atomic E-state index is 12.3. The van der Waals surface area contributed by atoms with E-state index in [0.717, 1.165) is 12.3 Å². The average Bonchev–Trinajstić information content (AvgIpc) is 2.43. The fourth-order valence-corrected chi connectivity index (χ4v) is 1.84. The van der Waals surface area contributed by atoms with Gasteiger partial charge in [-0.1, -0.05) is 18.2 Å². The molecular formula is C13H20F2IN3OS. The van der Waals surface area contributed by atoms with Crippen LogP contribution in [-0.2, 0) is 6.54 Å². The fourth-order valence-electron chi connectivity index (χ4n) is 1.53. The number of guanidine groups is 1. The smallest absolute Gasteiger partial charge is 0.387 e. The van der Waals surface area contributed by atoms with E-state index in [-0.39, 0.29) is 29.7 Å². The molecule has 1 rings (SSSR count). The van der Waals surface area contributed by atoms with Gasteiger partial charge in [-0.2, -0.15) is 20.5 Å². The van der Waals surface area contributed by atoms with Gasteiger partial charge in [-0.25, -0.2) is 0 Å². The number of alkyl halides is 2. The summed E-state index contributed by atoms with van der Waals surface area (Å²) in [5.74, 6) is 1.77. The third-order valence-electron chi connectivity index (χ3n) is 2.46. The van der Waals surface area contributed by atoms with Crippen LogP contribution in [-0.4, -0.2) is 38.2 Å². The molecule has 0 saturated carbocycles. The Morgan fingerprint density at radius 3 is 2.67 bits per heavy atom. The number of ether oxygens (including phenoxy) is 1. The summed E-state index contributed by atoms with van der Waals surface area (Å²) >= 11 is 1.73. The molecule has 120 valence electrons. The highest BCUT2D eigenvalue weighted by Crippen LogP contribution is 2.19. The SMILES string of the molecule is CN=C(NCCSC)NCc1ccccc1OC(F)F.I. The number of nitrogens with zero attached hydrogens (tertiary/aromatic N) is 1. The van der Waals surface area contributed by atoms with Crippen LogP contribution in [0.5, 0.6) is 5.75 Å². The number of aliphatic imine (C=N–C) groups is 1. The number of rotatable bonds is 7. The lowest BCUT2D eigenvalue weighted by Crippen LogP contribution is -2.38. The molecule has 0 aliphatic rings. The van der Waals surface area contributed by atoms with Crippen LogP contribution in [0.1, 0.15) is 5.56 Å². The fraction of sp³-hybridized carbons (Fsp3) is 0.462. The number of benzene rings is 1. The highest BCUT2D eigenvalue weighted by atomic mass is 127. The van der Waals surface area contributed by atoms with Crippen molar-refractivity contribution in [3.63, 3.8) is 0 Å². The molecule has 0 heterocycles. The Kier molecular flexibility index (Phi) is 11.4. The molecule has 0 bridgehead atoms. The number of hydrogen-bond donors (Lipinski definition) is 2. The highest BCUT2D eigenvalue weighted by molar-refractivity contribution is 14.0. The number of nitrogens with one attached hydrogen (secondary N) is 2. The minimum atomic E-state index is -2.82. The zero-order chi connectivity index (χ0) is 14.8. The quantitative estimate of drug-likeness (QED) is 0.302. The van der Waals surface area contributed by atoms with Gasteiger partial charge in [-0.15, -0.1) is 24.0 Å². The molecule has 4 nitrogen and oxygen atoms in total. The lowest BCUT2D eigenvalue weighted by atomic mass is 10.2. The largest absolute Gasteiger partial charge is 0.434 e. The third kappa shape index (κ3) is 8.30. The summed E-state index contributed by atoms with van der Waals surface area (Å²) < 4.78 is 29.1. The summed E-state index contributed by atoms with van der Waals surface area (Å²) in [6.07, 6.45) is 2.02. The minimum absolute atomic E-state index is 0. The van der Waals surface area contributed by atoms with Crippen LogP contribution in [0.2, 0.25) is 0 Å². The topological polar surface area (TPSA) is 45.7 Å². The molecule has 0 aromatic heterocycles. The van der Waals surface area contributed by atoms with Crippen LogP contribution >= 0.6 is 35.7 Å². The first-order valence-electron chi connectivity index (χ1n) is 6.13. The molecular weight excluding hydrogens is 411 g/mol. The van der Waals surface area contributed by atoms with Crippen LogP contribution in [0, 0.1) is 0 Å². The van der Waals surface area contributed by atoms with E-state index in [1.54, 1.807) is 37.0 Å². The van der Waals surface area contributed by atoms with Gasteiger partial charge in [0.15, 0.2) is 5.96 Å². The Morgan fingerprint density at radius 1 is 1.33 bits per heavy atom. The van der Waals surface area contributed by atoms with Gasteiger partial charge in [-0.3, -0.25) is 4.99 Å². The minimum Gasteiger partial charge on any atom is -0.434 e. The van der Waals surface area contributed by atoms with E-state index < -0.39 is 6.61 Å². The first-order valence-corrected chi connectivity index (χ1v) is 7.53. The molecule has 0 aliphatic carbocycles. The van der Waals surface area contributed by atoms with E-state index in [0.29, 0.717) is 18.1 Å². The normalized spacial score (nSPS) is 11.0. The summed E-state index contributed by atoms with van der Waals surface area (Å²) in [7, 11) is 1.66. The van der Waals surface area contributed by atoms with Crippen LogP contribution < -0.4 is 15.4 Å². The Balaban J connectivity index is 0.00000400. The monoisotopic (exact) mass is 431 g/mol. The van der Waals surface area contributed by atoms with E-state index in [2.05, 4.69) is 20.4 Å². The van der Waals surface area contributed by atoms with Gasteiger partial charge in [0.05, 0.1) is 0 Å². The number of para-hydroxylation sites is 1. The lowest BCUT2D eigenvalue weighted by molar-refractivity contribution is -0.0504. The second-order valence-corrected chi connectivity index (χ2v) is 4.82. The van der Waals surface area contributed by atoms with Crippen LogP contribution in [0.4, 0.5) is 8.78 Å². The average molecular weight is 431 g/mol. The second kappa shape index (κ2) is 11.8. The Labute approximate surface area is 145 Å². The molecule has 0 aliphatic heterocycles. The van der Waals surface area contributed by atoms with Crippen LogP contribution in [0.25, 0.3) is 0 Å². The van der Waals surface area contributed by atoms with Gasteiger partial charge < -0.3 is 15.4 Å². The van der Waals surface area contributed by atoms with E-state index in [1.165, 1.54) is 6.07 Å². The van der Waals surface area contributed by atoms with Gasteiger partial charge in [0.25, 0.3) is 0 Å². The van der Waals surface area contributed by atoms with Crippen molar-refractivity contribution in [3.05, 3.63) is 29.8 Å². The number of hydrogen-bond acceptors (Lipinski definition) is 3. The summed E-state index contributed by atoms with van der Waals surface area (Å²) in [5, 5.41) is 6.19. The molecule has 0 unspecified atom stereocenters. The lowest BCUT2D eigenvalue weighted by Gasteiger charge is -2.14. The van der Waals surface area contributed by atoms with Crippen molar-refractivity contribution in [1.82, 2.24) is 10.6 Å². The number of halogens is 3. The first-order chi connectivity index (χ1) is 9.67. The highest BCUT2D eigenvalue weighted by Gasteiger charge is 2.09. The third-order valence-corrected chi connectivity index (χ3v) is 3.07. The predicted octanol–water partition coefficient (Wildman–Crippen LogP) is 2.93. The predicted molar refractivity (Wildman–Crippen MR) is 95.1 cm³/mol. The molecule has 21 heavy (non-hydrogen) atoms. The van der Waals surface area contributed by atoms with Crippen molar-refractivity contribution in [3.8, 4) is 5.75 Å². The molecule has 1 aromatic rings. The first kappa shape index (κ1) is 20.2. The molecule has 8 heteroatoms. The number of thioether (sulfide) groups is 1. The van der Waals surface area contributed by atoms with Gasteiger partial charge in [0.2, 0.25) is 0 Å². The van der Waals surface area contributed by atoms with Gasteiger partial charge >= 0.3 is 6.61 Å². The maximum absolute atomic E-state index is 12.3. The van der Waals surface area contributed by atoms with E-state index in [1.807, 2.05) is 6.26 Å². The van der Waals surface area contributed by atoms with E-state index >= 15 is 0 Å². The van der Waals surface area contributed by atoms with Crippen molar-refractivity contribution in [2.45, 2.75) is 13.2 Å². The standard InChI is InChI=1S/C13H19F2N3OS.HI/c1-16-13(17-7-8-20-2)18-9-10-5-3-4-6-11(10)19-12(14)15;/h3-6,12H,7-9H2,1-2H3,(H2,16,17,18);1H. The molecule has 2 N–H and O–H groups in total. The van der Waals surface area contributed by atoms with E-state index in [4.69, 9.17) is 0 Å². The van der Waals surface area contributed by atoms with Gasteiger partial charge in [0.1, 0.15) is 5.75 Å². The summed E-state index contributed by atoms with van der Waals surface area (Å²) in [6, 6.07) is 6.69. The van der Waals surface area contributed by atoms with E-state index in [9.17, 15) is 8.78 Å². The zero-order valence-electron chi connectivity index (χ0n) is 11.9. The van der Waals surface area contributed by atoms with Gasteiger partial charge in [-0.05, 0) is 12.3 Å². The Hall–Kier alpha value is -0.770. The van der Waals surface area contributed by atoms with Gasteiger partial charge in [0, 0.05) is 31.5 Å². The molecule has 1 aromatic carbocycles. The van der Waals surface area contributed by atoms with Crippen molar-refractivity contribution < 1.29 is 13.5 Å². The summed E-state index contributed by atoms with van der Waals surface area (Å²) in [5.41, 5.74) is 0.653. The zero-order valence-corrected chi connectivity index (χ0v) is 15.1. The molecule has 0 atom stereocenters. The summed E-state index contributed by atoms with van der Waals surface area (Å²) in [6.45, 7) is -1.67. The Bertz CT molecular complexity index is 436. The van der Waals surface area contributed by atoms with Crippen molar-refractivity contribution in [1.29, 1.82) is 0 Å². The molecule has 0 amide bonds.